The number of hydrogen-bond donors (Lipinski definition) is 1. The van der Waals surface area contributed by atoms with Crippen LogP contribution in [0.5, 0.6) is 0 Å². The van der Waals surface area contributed by atoms with Crippen LogP contribution in [0.3, 0.4) is 0 Å². The van der Waals surface area contributed by atoms with Gasteiger partial charge in [0.05, 0.1) is 0 Å². The van der Waals surface area contributed by atoms with Crippen molar-refractivity contribution in [3.05, 3.63) is 0 Å². The van der Waals surface area contributed by atoms with Crippen molar-refractivity contribution < 1.29 is 0 Å². The molecule has 0 aromatic rings. The van der Waals surface area contributed by atoms with Crippen LogP contribution in [0, 0.1) is 0 Å². The Balaban J connectivity index is 2.57. The van der Waals surface area contributed by atoms with E-state index in [1.165, 1.54) is 19.4 Å². The number of likely N-dealkylation sites (tertiary alicyclic amines) is 1. The summed E-state index contributed by atoms with van der Waals surface area (Å²) in [5.41, 5.74) is 5.99. The van der Waals surface area contributed by atoms with Crippen LogP contribution >= 0.6 is 0 Å². The minimum atomic E-state index is 0.306. The van der Waals surface area contributed by atoms with Crippen LogP contribution in [0.25, 0.3) is 0 Å². The third-order valence-corrected chi connectivity index (χ3v) is 2.51. The van der Waals surface area contributed by atoms with Gasteiger partial charge in [-0.2, -0.15) is 0 Å². The van der Waals surface area contributed by atoms with E-state index in [1.54, 1.807) is 0 Å². The Morgan fingerprint density at radius 1 is 1.45 bits per heavy atom. The highest BCUT2D eigenvalue weighted by molar-refractivity contribution is 4.88. The smallest absolute Gasteiger partial charge is 0.0224 e. The number of hydrogen-bond acceptors (Lipinski definition) is 2. The Labute approximate surface area is 69.8 Å². The predicted octanol–water partition coefficient (Wildman–Crippen LogP) is 1.21. The standard InChI is InChI=1S/C9H20N2/c1-9(2,3)11-6-4-5-8(11)7-10/h8H,4-7,10H2,1-3H3/t8-/m1/s1. The lowest BCUT2D eigenvalue weighted by molar-refractivity contribution is 0.125. The summed E-state index contributed by atoms with van der Waals surface area (Å²) in [5, 5.41) is 0. The zero-order chi connectivity index (χ0) is 8.48. The summed E-state index contributed by atoms with van der Waals surface area (Å²) < 4.78 is 0. The second-order valence-electron chi connectivity index (χ2n) is 4.40. The highest BCUT2D eigenvalue weighted by Crippen LogP contribution is 2.25. The lowest BCUT2D eigenvalue weighted by Gasteiger charge is -2.36. The number of nitrogens with zero attached hydrogens (tertiary/aromatic N) is 1. The summed E-state index contributed by atoms with van der Waals surface area (Å²) in [4.78, 5) is 2.52. The van der Waals surface area contributed by atoms with Gasteiger partial charge in [0.15, 0.2) is 0 Å². The van der Waals surface area contributed by atoms with E-state index in [2.05, 4.69) is 25.7 Å². The molecule has 2 N–H and O–H groups in total. The molecule has 0 spiro atoms. The van der Waals surface area contributed by atoms with Gasteiger partial charge in [0.25, 0.3) is 0 Å². The molecule has 2 nitrogen and oxygen atoms in total. The third-order valence-electron chi connectivity index (χ3n) is 2.51. The zero-order valence-electron chi connectivity index (χ0n) is 7.93. The lowest BCUT2D eigenvalue weighted by Crippen LogP contribution is -2.47. The molecule has 0 unspecified atom stereocenters. The van der Waals surface area contributed by atoms with Crippen LogP contribution < -0.4 is 5.73 Å². The second-order valence-corrected chi connectivity index (χ2v) is 4.40. The van der Waals surface area contributed by atoms with Gasteiger partial charge in [0, 0.05) is 18.1 Å². The van der Waals surface area contributed by atoms with Gasteiger partial charge in [-0.25, -0.2) is 0 Å². The van der Waals surface area contributed by atoms with Crippen molar-refractivity contribution in [2.75, 3.05) is 13.1 Å². The maximum absolute atomic E-state index is 5.68. The van der Waals surface area contributed by atoms with E-state index in [1.807, 2.05) is 0 Å². The van der Waals surface area contributed by atoms with Crippen LogP contribution in [0.1, 0.15) is 33.6 Å². The molecule has 11 heavy (non-hydrogen) atoms. The molecule has 0 radical (unpaired) electrons. The minimum absolute atomic E-state index is 0.306. The average molecular weight is 156 g/mol. The molecule has 0 aromatic heterocycles. The molecular weight excluding hydrogens is 136 g/mol. The van der Waals surface area contributed by atoms with Gasteiger partial charge < -0.3 is 5.73 Å². The molecule has 66 valence electrons. The first-order valence-electron chi connectivity index (χ1n) is 4.52. The van der Waals surface area contributed by atoms with Crippen LogP contribution in [0.15, 0.2) is 0 Å². The van der Waals surface area contributed by atoms with Gasteiger partial charge >= 0.3 is 0 Å². The summed E-state index contributed by atoms with van der Waals surface area (Å²) in [7, 11) is 0. The van der Waals surface area contributed by atoms with Gasteiger partial charge in [-0.1, -0.05) is 0 Å². The van der Waals surface area contributed by atoms with Crippen LogP contribution in [0.2, 0.25) is 0 Å². The molecule has 2 heteroatoms. The first-order chi connectivity index (χ1) is 5.05. The Hall–Kier alpha value is -0.0800. The molecule has 0 saturated carbocycles. The number of rotatable bonds is 1. The summed E-state index contributed by atoms with van der Waals surface area (Å²) in [6, 6.07) is 0.634. The molecule has 0 bridgehead atoms. The van der Waals surface area contributed by atoms with Crippen molar-refractivity contribution >= 4 is 0 Å². The van der Waals surface area contributed by atoms with Gasteiger partial charge in [0.2, 0.25) is 0 Å². The molecule has 1 rings (SSSR count). The van der Waals surface area contributed by atoms with Gasteiger partial charge in [-0.15, -0.1) is 0 Å². The quantitative estimate of drug-likeness (QED) is 0.618. The molecule has 1 fully saturated rings. The van der Waals surface area contributed by atoms with E-state index in [-0.39, 0.29) is 0 Å². The molecule has 1 heterocycles. The Morgan fingerprint density at radius 3 is 2.45 bits per heavy atom. The largest absolute Gasteiger partial charge is 0.329 e. The molecule has 1 atom stereocenters. The SMILES string of the molecule is CC(C)(C)N1CCC[C@@H]1CN. The third kappa shape index (κ3) is 1.94. The molecule has 0 amide bonds. The van der Waals surface area contributed by atoms with Crippen molar-refractivity contribution in [3.8, 4) is 0 Å². The van der Waals surface area contributed by atoms with E-state index >= 15 is 0 Å². The van der Waals surface area contributed by atoms with Gasteiger partial charge in [0.1, 0.15) is 0 Å². The van der Waals surface area contributed by atoms with E-state index in [4.69, 9.17) is 5.73 Å². The van der Waals surface area contributed by atoms with E-state index in [9.17, 15) is 0 Å². The highest BCUT2D eigenvalue weighted by atomic mass is 15.2. The highest BCUT2D eigenvalue weighted by Gasteiger charge is 2.31. The minimum Gasteiger partial charge on any atom is -0.329 e. The first-order valence-corrected chi connectivity index (χ1v) is 4.52. The summed E-state index contributed by atoms with van der Waals surface area (Å²) >= 11 is 0. The molecule has 1 aliphatic rings. The number of nitrogens with two attached hydrogens (primary N) is 1. The summed E-state index contributed by atoms with van der Waals surface area (Å²) in [6.07, 6.45) is 2.60. The Kier molecular flexibility index (Phi) is 2.55. The van der Waals surface area contributed by atoms with Crippen molar-refractivity contribution in [3.63, 3.8) is 0 Å². The Morgan fingerprint density at radius 2 is 2.09 bits per heavy atom. The second kappa shape index (κ2) is 3.11. The topological polar surface area (TPSA) is 29.3 Å². The van der Waals surface area contributed by atoms with Crippen LogP contribution in [-0.2, 0) is 0 Å². The molecule has 0 aromatic carbocycles. The van der Waals surface area contributed by atoms with Crippen molar-refractivity contribution in [1.29, 1.82) is 0 Å². The summed E-state index contributed by atoms with van der Waals surface area (Å²) in [5.74, 6) is 0. The Bertz CT molecular complexity index is 126. The van der Waals surface area contributed by atoms with Crippen LogP contribution in [-0.4, -0.2) is 29.6 Å². The fourth-order valence-electron chi connectivity index (χ4n) is 1.96. The first kappa shape index (κ1) is 9.01. The van der Waals surface area contributed by atoms with E-state index in [0.717, 1.165) is 6.54 Å². The van der Waals surface area contributed by atoms with E-state index < -0.39 is 0 Å². The maximum atomic E-state index is 5.68. The van der Waals surface area contributed by atoms with Gasteiger partial charge in [-0.3, -0.25) is 4.90 Å². The van der Waals surface area contributed by atoms with E-state index in [0.29, 0.717) is 11.6 Å². The van der Waals surface area contributed by atoms with Gasteiger partial charge in [-0.05, 0) is 40.2 Å². The summed E-state index contributed by atoms with van der Waals surface area (Å²) in [6.45, 7) is 8.84. The molecular formula is C9H20N2. The van der Waals surface area contributed by atoms with Crippen LogP contribution in [0.4, 0.5) is 0 Å². The molecule has 0 aliphatic carbocycles. The normalized spacial score (nSPS) is 27.8. The monoisotopic (exact) mass is 156 g/mol. The van der Waals surface area contributed by atoms with Crippen molar-refractivity contribution in [2.24, 2.45) is 5.73 Å². The molecule has 1 aliphatic heterocycles. The van der Waals surface area contributed by atoms with Crippen molar-refractivity contribution in [1.82, 2.24) is 4.90 Å². The lowest BCUT2D eigenvalue weighted by atomic mass is 10.0. The maximum Gasteiger partial charge on any atom is 0.0224 e. The van der Waals surface area contributed by atoms with Crippen molar-refractivity contribution in [2.45, 2.75) is 45.2 Å². The average Bonchev–Trinajstić information content (AvgIpc) is 2.31. The fourth-order valence-corrected chi connectivity index (χ4v) is 1.96. The predicted molar refractivity (Wildman–Crippen MR) is 48.5 cm³/mol. The fraction of sp³-hybridized carbons (Fsp3) is 1.00. The zero-order valence-corrected chi connectivity index (χ0v) is 7.93. The molecule has 1 saturated heterocycles.